The molecule has 0 spiro atoms. The average Bonchev–Trinajstić information content (AvgIpc) is 3.23. The molecule has 0 aliphatic carbocycles. The second kappa shape index (κ2) is 13.4. The zero-order chi connectivity index (χ0) is 29.5. The van der Waals surface area contributed by atoms with E-state index in [0.29, 0.717) is 54.7 Å². The van der Waals surface area contributed by atoms with Gasteiger partial charge in [0.25, 0.3) is 11.7 Å². The summed E-state index contributed by atoms with van der Waals surface area (Å²) in [7, 11) is 5.35. The standard InChI is InChI=1S/C33H38N2O6/c1-6-18-40-25-13-14-26(22(2)19-25)31(36)29-30(35(17-16-34(3)4)33(38)32(29)37)24-12-15-27(28(20-24)39-5)41-21-23-10-8-7-9-11-23/h7-15,19-20,30,36H,6,16-18,21H2,1-5H3/b31-29+. The van der Waals surface area contributed by atoms with E-state index in [1.807, 2.05) is 75.3 Å². The van der Waals surface area contributed by atoms with Crippen molar-refractivity contribution in [1.29, 1.82) is 0 Å². The van der Waals surface area contributed by atoms with Crippen molar-refractivity contribution < 1.29 is 28.9 Å². The Morgan fingerprint density at radius 3 is 2.39 bits per heavy atom. The molecule has 216 valence electrons. The number of aliphatic hydroxyl groups excluding tert-OH is 1. The molecule has 1 saturated heterocycles. The fraction of sp³-hybridized carbons (Fsp3) is 0.333. The van der Waals surface area contributed by atoms with Crippen LogP contribution in [0.5, 0.6) is 17.2 Å². The van der Waals surface area contributed by atoms with E-state index in [4.69, 9.17) is 14.2 Å². The molecule has 0 bridgehead atoms. The van der Waals surface area contributed by atoms with Crippen molar-refractivity contribution in [3.63, 3.8) is 0 Å². The van der Waals surface area contributed by atoms with Crippen molar-refractivity contribution in [2.45, 2.75) is 32.9 Å². The molecule has 0 aromatic heterocycles. The van der Waals surface area contributed by atoms with Crippen molar-refractivity contribution in [2.75, 3.05) is 40.9 Å². The van der Waals surface area contributed by atoms with Crippen LogP contribution in [0.1, 0.15) is 41.6 Å². The molecule has 1 heterocycles. The van der Waals surface area contributed by atoms with Crippen LogP contribution >= 0.6 is 0 Å². The summed E-state index contributed by atoms with van der Waals surface area (Å²) in [5, 5.41) is 11.5. The Kier molecular flexibility index (Phi) is 9.68. The van der Waals surface area contributed by atoms with Crippen LogP contribution < -0.4 is 14.2 Å². The number of nitrogens with zero attached hydrogens (tertiary/aromatic N) is 2. The van der Waals surface area contributed by atoms with Gasteiger partial charge in [0.15, 0.2) is 11.5 Å². The van der Waals surface area contributed by atoms with Crippen LogP contribution in [-0.4, -0.2) is 67.5 Å². The molecule has 1 atom stereocenters. The van der Waals surface area contributed by atoms with Gasteiger partial charge in [-0.3, -0.25) is 9.59 Å². The molecule has 1 amide bonds. The SMILES string of the molecule is CCCOc1ccc(/C(O)=C2\C(=O)C(=O)N(CCN(C)C)C2c2ccc(OCc3ccccc3)c(OC)c2)c(C)c1. The molecule has 1 aliphatic rings. The quantitative estimate of drug-likeness (QED) is 0.182. The molecule has 1 fully saturated rings. The minimum absolute atomic E-state index is 0.0408. The fourth-order valence-corrected chi connectivity index (χ4v) is 4.83. The van der Waals surface area contributed by atoms with Crippen molar-refractivity contribution in [1.82, 2.24) is 9.80 Å². The summed E-state index contributed by atoms with van der Waals surface area (Å²) in [6.07, 6.45) is 0.872. The number of hydrogen-bond donors (Lipinski definition) is 1. The molecule has 0 radical (unpaired) electrons. The first-order valence-electron chi connectivity index (χ1n) is 13.8. The molecule has 3 aromatic carbocycles. The summed E-state index contributed by atoms with van der Waals surface area (Å²) in [6, 6.07) is 19.6. The van der Waals surface area contributed by atoms with Gasteiger partial charge in [0, 0.05) is 18.7 Å². The highest BCUT2D eigenvalue weighted by Gasteiger charge is 2.46. The number of amides is 1. The van der Waals surface area contributed by atoms with Gasteiger partial charge in [0.2, 0.25) is 0 Å². The van der Waals surface area contributed by atoms with E-state index in [2.05, 4.69) is 0 Å². The summed E-state index contributed by atoms with van der Waals surface area (Å²) in [5.74, 6) is 0.0834. The molecule has 3 aromatic rings. The van der Waals surface area contributed by atoms with Crippen molar-refractivity contribution in [3.05, 3.63) is 94.6 Å². The van der Waals surface area contributed by atoms with Gasteiger partial charge in [-0.25, -0.2) is 0 Å². The zero-order valence-electron chi connectivity index (χ0n) is 24.3. The number of hydrogen-bond acceptors (Lipinski definition) is 7. The third-order valence-electron chi connectivity index (χ3n) is 6.99. The van der Waals surface area contributed by atoms with Gasteiger partial charge in [-0.1, -0.05) is 43.3 Å². The highest BCUT2D eigenvalue weighted by Crippen LogP contribution is 2.42. The zero-order valence-corrected chi connectivity index (χ0v) is 24.3. The van der Waals surface area contributed by atoms with Gasteiger partial charge in [-0.2, -0.15) is 0 Å². The molecule has 8 nitrogen and oxygen atoms in total. The summed E-state index contributed by atoms with van der Waals surface area (Å²) < 4.78 is 17.4. The number of likely N-dealkylation sites (N-methyl/N-ethyl adjacent to an activating group) is 1. The number of benzene rings is 3. The van der Waals surface area contributed by atoms with Crippen LogP contribution in [0.25, 0.3) is 5.76 Å². The smallest absolute Gasteiger partial charge is 0.295 e. The largest absolute Gasteiger partial charge is 0.507 e. The maximum absolute atomic E-state index is 13.5. The third kappa shape index (κ3) is 6.72. The first kappa shape index (κ1) is 29.7. The number of likely N-dealkylation sites (tertiary alicyclic amines) is 1. The number of aliphatic hydroxyl groups is 1. The van der Waals surface area contributed by atoms with Gasteiger partial charge in [0.05, 0.1) is 25.3 Å². The number of carbonyl (C=O) groups is 2. The summed E-state index contributed by atoms with van der Waals surface area (Å²) in [5.41, 5.74) is 2.89. The minimum atomic E-state index is -0.803. The number of Topliss-reactive ketones (excluding diaryl/α,β-unsaturated/α-hetero) is 1. The number of aryl methyl sites for hydroxylation is 1. The second-order valence-electron chi connectivity index (χ2n) is 10.3. The Bertz CT molecular complexity index is 1420. The molecule has 41 heavy (non-hydrogen) atoms. The van der Waals surface area contributed by atoms with E-state index in [0.717, 1.165) is 17.5 Å². The molecule has 1 aliphatic heterocycles. The normalized spacial score (nSPS) is 16.3. The predicted molar refractivity (Wildman–Crippen MR) is 158 cm³/mol. The first-order chi connectivity index (χ1) is 19.7. The molecule has 0 saturated carbocycles. The third-order valence-corrected chi connectivity index (χ3v) is 6.99. The van der Waals surface area contributed by atoms with Crippen LogP contribution in [0.2, 0.25) is 0 Å². The van der Waals surface area contributed by atoms with Gasteiger partial charge in [-0.05, 0) is 74.5 Å². The predicted octanol–water partition coefficient (Wildman–Crippen LogP) is 5.35. The van der Waals surface area contributed by atoms with E-state index in [1.54, 1.807) is 31.4 Å². The van der Waals surface area contributed by atoms with Gasteiger partial charge in [0.1, 0.15) is 18.1 Å². The van der Waals surface area contributed by atoms with E-state index in [1.165, 1.54) is 4.90 Å². The van der Waals surface area contributed by atoms with Gasteiger partial charge < -0.3 is 29.1 Å². The Balaban J connectivity index is 1.76. The summed E-state index contributed by atoms with van der Waals surface area (Å²) >= 11 is 0. The van der Waals surface area contributed by atoms with E-state index >= 15 is 0 Å². The van der Waals surface area contributed by atoms with Crippen LogP contribution in [0.3, 0.4) is 0 Å². The fourth-order valence-electron chi connectivity index (χ4n) is 4.83. The Morgan fingerprint density at radius 2 is 1.73 bits per heavy atom. The van der Waals surface area contributed by atoms with Crippen LogP contribution in [0, 0.1) is 6.92 Å². The Morgan fingerprint density at radius 1 is 0.976 bits per heavy atom. The lowest BCUT2D eigenvalue weighted by atomic mass is 9.93. The number of ketones is 1. The second-order valence-corrected chi connectivity index (χ2v) is 10.3. The summed E-state index contributed by atoms with van der Waals surface area (Å²) in [4.78, 5) is 30.2. The van der Waals surface area contributed by atoms with Crippen molar-refractivity contribution >= 4 is 17.4 Å². The number of carbonyl (C=O) groups excluding carboxylic acids is 2. The van der Waals surface area contributed by atoms with E-state index in [-0.39, 0.29) is 11.3 Å². The molecular formula is C33H38N2O6. The lowest BCUT2D eigenvalue weighted by Gasteiger charge is -2.27. The lowest BCUT2D eigenvalue weighted by Crippen LogP contribution is -2.35. The molecule has 1 N–H and O–H groups in total. The first-order valence-corrected chi connectivity index (χ1v) is 13.8. The topological polar surface area (TPSA) is 88.5 Å². The average molecular weight is 559 g/mol. The Labute approximate surface area is 241 Å². The number of rotatable bonds is 12. The number of methoxy groups -OCH3 is 1. The highest BCUT2D eigenvalue weighted by atomic mass is 16.5. The van der Waals surface area contributed by atoms with Crippen molar-refractivity contribution in [2.24, 2.45) is 0 Å². The number of ether oxygens (including phenoxy) is 3. The van der Waals surface area contributed by atoms with Crippen LogP contribution in [-0.2, 0) is 16.2 Å². The van der Waals surface area contributed by atoms with Crippen molar-refractivity contribution in [3.8, 4) is 17.2 Å². The monoisotopic (exact) mass is 558 g/mol. The lowest BCUT2D eigenvalue weighted by molar-refractivity contribution is -0.140. The molecular weight excluding hydrogens is 520 g/mol. The highest BCUT2D eigenvalue weighted by molar-refractivity contribution is 6.46. The van der Waals surface area contributed by atoms with Gasteiger partial charge in [-0.15, -0.1) is 0 Å². The van der Waals surface area contributed by atoms with E-state index in [9.17, 15) is 14.7 Å². The molecule has 4 rings (SSSR count). The molecule has 8 heteroatoms. The molecule has 1 unspecified atom stereocenters. The van der Waals surface area contributed by atoms with E-state index < -0.39 is 17.7 Å². The van der Waals surface area contributed by atoms with Gasteiger partial charge >= 0.3 is 0 Å². The maximum atomic E-state index is 13.5. The maximum Gasteiger partial charge on any atom is 0.295 e. The minimum Gasteiger partial charge on any atom is -0.507 e. The van der Waals surface area contributed by atoms with Crippen LogP contribution in [0.15, 0.2) is 72.3 Å². The van der Waals surface area contributed by atoms with Crippen LogP contribution in [0.4, 0.5) is 0 Å². The Hall–Kier alpha value is -4.30. The summed E-state index contributed by atoms with van der Waals surface area (Å²) in [6.45, 7) is 5.65.